The normalized spacial score (nSPS) is 13.3. The van der Waals surface area contributed by atoms with E-state index in [1.807, 2.05) is 6.07 Å². The van der Waals surface area contributed by atoms with Crippen molar-refractivity contribution >= 4 is 5.97 Å². The van der Waals surface area contributed by atoms with Crippen molar-refractivity contribution in [2.45, 2.75) is 12.5 Å². The topological polar surface area (TPSA) is 55.8 Å². The van der Waals surface area contributed by atoms with Crippen LogP contribution in [0.25, 0.3) is 0 Å². The zero-order valence-corrected chi connectivity index (χ0v) is 11.4. The maximum Gasteiger partial charge on any atom is 0.347 e. The van der Waals surface area contributed by atoms with Crippen molar-refractivity contribution in [1.82, 2.24) is 0 Å². The van der Waals surface area contributed by atoms with Crippen molar-refractivity contribution in [3.05, 3.63) is 60.2 Å². The average molecular weight is 272 g/mol. The van der Waals surface area contributed by atoms with Crippen LogP contribution in [0.3, 0.4) is 0 Å². The Morgan fingerprint density at radius 3 is 2.15 bits per heavy atom. The van der Waals surface area contributed by atoms with Gasteiger partial charge >= 0.3 is 5.97 Å². The number of benzene rings is 2. The summed E-state index contributed by atoms with van der Waals surface area (Å²) in [5, 5.41) is 10.4. The second-order valence-electron chi connectivity index (χ2n) is 4.50. The highest BCUT2D eigenvalue weighted by atomic mass is 16.6. The first-order chi connectivity index (χ1) is 9.54. The van der Waals surface area contributed by atoms with Gasteiger partial charge in [0.2, 0.25) is 0 Å². The summed E-state index contributed by atoms with van der Waals surface area (Å²) < 4.78 is 10.2. The van der Waals surface area contributed by atoms with Crippen molar-refractivity contribution in [1.29, 1.82) is 0 Å². The average Bonchev–Trinajstić information content (AvgIpc) is 2.48. The largest absolute Gasteiger partial charge is 0.497 e. The van der Waals surface area contributed by atoms with E-state index in [1.165, 1.54) is 6.92 Å². The summed E-state index contributed by atoms with van der Waals surface area (Å²) in [6.07, 6.45) is 0. The van der Waals surface area contributed by atoms with Crippen LogP contribution in [0.4, 0.5) is 0 Å². The Hall–Kier alpha value is -2.33. The predicted molar refractivity (Wildman–Crippen MR) is 74.6 cm³/mol. The number of methoxy groups -OCH3 is 1. The molecule has 2 aromatic carbocycles. The Morgan fingerprint density at radius 1 is 1.00 bits per heavy atom. The Balaban J connectivity index is 2.18. The molecule has 0 fully saturated rings. The molecular weight excluding hydrogens is 256 g/mol. The van der Waals surface area contributed by atoms with Gasteiger partial charge in [-0.3, -0.25) is 0 Å². The Labute approximate surface area is 117 Å². The smallest absolute Gasteiger partial charge is 0.347 e. The molecule has 4 nitrogen and oxygen atoms in total. The fraction of sp³-hybridized carbons (Fsp3) is 0.188. The first kappa shape index (κ1) is 14.1. The highest BCUT2D eigenvalue weighted by Crippen LogP contribution is 2.25. The zero-order chi connectivity index (χ0) is 14.6. The van der Waals surface area contributed by atoms with Crippen LogP contribution in [0.1, 0.15) is 12.5 Å². The van der Waals surface area contributed by atoms with E-state index in [0.29, 0.717) is 17.1 Å². The summed E-state index contributed by atoms with van der Waals surface area (Å²) >= 11 is 0. The van der Waals surface area contributed by atoms with Gasteiger partial charge in [-0.05, 0) is 36.8 Å². The highest BCUT2D eigenvalue weighted by molar-refractivity contribution is 5.82. The van der Waals surface area contributed by atoms with E-state index in [0.717, 1.165) is 0 Å². The lowest BCUT2D eigenvalue weighted by molar-refractivity contribution is -0.154. The summed E-state index contributed by atoms with van der Waals surface area (Å²) in [6.45, 7) is 1.40. The van der Waals surface area contributed by atoms with Crippen molar-refractivity contribution in [2.24, 2.45) is 0 Å². The van der Waals surface area contributed by atoms with Gasteiger partial charge in [0.25, 0.3) is 0 Å². The molecule has 1 N–H and O–H groups in total. The number of para-hydroxylation sites is 1. The van der Waals surface area contributed by atoms with Gasteiger partial charge in [0.1, 0.15) is 11.5 Å². The fourth-order valence-corrected chi connectivity index (χ4v) is 1.73. The van der Waals surface area contributed by atoms with E-state index in [2.05, 4.69) is 0 Å². The second kappa shape index (κ2) is 5.75. The quantitative estimate of drug-likeness (QED) is 0.686. The van der Waals surface area contributed by atoms with Gasteiger partial charge in [-0.2, -0.15) is 0 Å². The van der Waals surface area contributed by atoms with Crippen molar-refractivity contribution in [3.8, 4) is 11.5 Å². The molecule has 0 aliphatic heterocycles. The third kappa shape index (κ3) is 2.97. The zero-order valence-electron chi connectivity index (χ0n) is 11.4. The Morgan fingerprint density at radius 2 is 1.60 bits per heavy atom. The summed E-state index contributed by atoms with van der Waals surface area (Å²) in [7, 11) is 1.55. The molecule has 0 spiro atoms. The lowest BCUT2D eigenvalue weighted by atomic mass is 9.96. The summed E-state index contributed by atoms with van der Waals surface area (Å²) in [6, 6.07) is 15.3. The maximum absolute atomic E-state index is 12.1. The maximum atomic E-state index is 12.1. The van der Waals surface area contributed by atoms with Gasteiger partial charge in [-0.1, -0.05) is 30.3 Å². The molecule has 0 radical (unpaired) electrons. The van der Waals surface area contributed by atoms with Crippen molar-refractivity contribution in [3.63, 3.8) is 0 Å². The van der Waals surface area contributed by atoms with E-state index in [4.69, 9.17) is 9.47 Å². The lowest BCUT2D eigenvalue weighted by Gasteiger charge is -2.21. The molecule has 0 amide bonds. The molecule has 0 aliphatic carbocycles. The minimum absolute atomic E-state index is 0.395. The van der Waals surface area contributed by atoms with Gasteiger partial charge in [-0.25, -0.2) is 4.79 Å². The van der Waals surface area contributed by atoms with Crippen molar-refractivity contribution in [2.75, 3.05) is 7.11 Å². The number of carbonyl (C=O) groups is 1. The minimum Gasteiger partial charge on any atom is -0.497 e. The second-order valence-corrected chi connectivity index (χ2v) is 4.50. The Kier molecular flexibility index (Phi) is 4.05. The van der Waals surface area contributed by atoms with E-state index in [-0.39, 0.29) is 0 Å². The van der Waals surface area contributed by atoms with E-state index < -0.39 is 11.6 Å². The molecule has 0 heterocycles. The van der Waals surface area contributed by atoms with Crippen LogP contribution >= 0.6 is 0 Å². The molecule has 4 heteroatoms. The number of carbonyl (C=O) groups excluding carboxylic acids is 1. The van der Waals surface area contributed by atoms with E-state index >= 15 is 0 Å². The first-order valence-corrected chi connectivity index (χ1v) is 6.18. The van der Waals surface area contributed by atoms with E-state index in [9.17, 15) is 9.90 Å². The number of aliphatic hydroxyl groups is 1. The number of esters is 1. The predicted octanol–water partition coefficient (Wildman–Crippen LogP) is 2.51. The third-order valence-electron chi connectivity index (χ3n) is 3.00. The number of hydrogen-bond donors (Lipinski definition) is 1. The summed E-state index contributed by atoms with van der Waals surface area (Å²) in [5.41, 5.74) is -1.28. The van der Waals surface area contributed by atoms with Crippen LogP contribution in [0.5, 0.6) is 11.5 Å². The van der Waals surface area contributed by atoms with Gasteiger partial charge in [-0.15, -0.1) is 0 Å². The van der Waals surface area contributed by atoms with Gasteiger partial charge < -0.3 is 14.6 Å². The van der Waals surface area contributed by atoms with E-state index in [1.54, 1.807) is 55.6 Å². The first-order valence-electron chi connectivity index (χ1n) is 6.18. The van der Waals surface area contributed by atoms with Crippen LogP contribution in [0.2, 0.25) is 0 Å². The molecular formula is C16H16O4. The summed E-state index contributed by atoms with van der Waals surface area (Å²) in [5.74, 6) is 0.320. The number of rotatable bonds is 4. The molecule has 2 aromatic rings. The molecule has 20 heavy (non-hydrogen) atoms. The van der Waals surface area contributed by atoms with Crippen LogP contribution in [0.15, 0.2) is 54.6 Å². The molecule has 104 valence electrons. The van der Waals surface area contributed by atoms with Gasteiger partial charge in [0.05, 0.1) is 7.11 Å². The van der Waals surface area contributed by atoms with Crippen LogP contribution in [-0.2, 0) is 10.4 Å². The molecule has 0 aromatic heterocycles. The van der Waals surface area contributed by atoms with Gasteiger partial charge in [0.15, 0.2) is 5.60 Å². The van der Waals surface area contributed by atoms with Crippen LogP contribution in [-0.4, -0.2) is 18.2 Å². The SMILES string of the molecule is COc1ccc(C(C)(O)C(=O)Oc2ccccc2)cc1. The number of ether oxygens (including phenoxy) is 2. The molecule has 0 saturated heterocycles. The lowest BCUT2D eigenvalue weighted by Crippen LogP contribution is -2.36. The third-order valence-corrected chi connectivity index (χ3v) is 3.00. The molecule has 0 saturated carbocycles. The van der Waals surface area contributed by atoms with Crippen LogP contribution < -0.4 is 9.47 Å². The molecule has 2 rings (SSSR count). The monoisotopic (exact) mass is 272 g/mol. The van der Waals surface area contributed by atoms with Gasteiger partial charge in [0, 0.05) is 0 Å². The summed E-state index contributed by atoms with van der Waals surface area (Å²) in [4.78, 5) is 12.1. The molecule has 0 bridgehead atoms. The van der Waals surface area contributed by atoms with Crippen LogP contribution in [0, 0.1) is 0 Å². The van der Waals surface area contributed by atoms with Crippen molar-refractivity contribution < 1.29 is 19.4 Å². The standard InChI is InChI=1S/C16H16O4/c1-16(18,12-8-10-13(19-2)11-9-12)15(17)20-14-6-4-3-5-7-14/h3-11,18H,1-2H3. The molecule has 1 atom stereocenters. The number of hydrogen-bond acceptors (Lipinski definition) is 4. The molecule has 1 unspecified atom stereocenters. The highest BCUT2D eigenvalue weighted by Gasteiger charge is 2.34. The minimum atomic E-state index is -1.72. The fourth-order valence-electron chi connectivity index (χ4n) is 1.73. The Bertz CT molecular complexity index is 573. The molecule has 0 aliphatic rings.